The van der Waals surface area contributed by atoms with Crippen molar-refractivity contribution in [2.24, 2.45) is 5.73 Å². The summed E-state index contributed by atoms with van der Waals surface area (Å²) in [6.07, 6.45) is 4.02. The molecule has 172 valence electrons. The van der Waals surface area contributed by atoms with Gasteiger partial charge in [0.2, 0.25) is 5.91 Å². The van der Waals surface area contributed by atoms with E-state index >= 15 is 0 Å². The van der Waals surface area contributed by atoms with Crippen LogP contribution in [0, 0.1) is 0 Å². The van der Waals surface area contributed by atoms with Gasteiger partial charge in [0.1, 0.15) is 0 Å². The molecule has 0 fully saturated rings. The van der Waals surface area contributed by atoms with Gasteiger partial charge < -0.3 is 25.8 Å². The molecule has 2 amide bonds. The van der Waals surface area contributed by atoms with Crippen molar-refractivity contribution in [2.45, 2.75) is 18.9 Å². The number of anilines is 1. The molecule has 1 aromatic heterocycles. The summed E-state index contributed by atoms with van der Waals surface area (Å²) in [5, 5.41) is 5.69. The first-order valence-electron chi connectivity index (χ1n) is 10.5. The van der Waals surface area contributed by atoms with E-state index in [1.807, 2.05) is 18.2 Å². The summed E-state index contributed by atoms with van der Waals surface area (Å²) in [4.78, 5) is 28.6. The Morgan fingerprint density at radius 3 is 2.33 bits per heavy atom. The number of nitrogens with one attached hydrogen (secondary N) is 2. The lowest BCUT2D eigenvalue weighted by Crippen LogP contribution is -2.29. The zero-order valence-corrected chi connectivity index (χ0v) is 18.7. The summed E-state index contributed by atoms with van der Waals surface area (Å²) in [5.41, 5.74) is 9.18. The molecule has 8 nitrogen and oxygen atoms in total. The summed E-state index contributed by atoms with van der Waals surface area (Å²) in [5.74, 6) is 0.954. The highest BCUT2D eigenvalue weighted by molar-refractivity contribution is 6.04. The third kappa shape index (κ3) is 6.78. The van der Waals surface area contributed by atoms with E-state index in [9.17, 15) is 9.59 Å². The summed E-state index contributed by atoms with van der Waals surface area (Å²) in [7, 11) is 3.18. The van der Waals surface area contributed by atoms with E-state index in [0.717, 1.165) is 11.1 Å². The Hall–Kier alpha value is -3.91. The fourth-order valence-electron chi connectivity index (χ4n) is 3.29. The smallest absolute Gasteiger partial charge is 0.255 e. The monoisotopic (exact) mass is 448 g/mol. The molecule has 1 atom stereocenters. The zero-order chi connectivity index (χ0) is 23.6. The van der Waals surface area contributed by atoms with Gasteiger partial charge in [0.15, 0.2) is 11.5 Å². The fraction of sp³-hybridized carbons (Fsp3) is 0.240. The number of hydrogen-bond donors (Lipinski definition) is 3. The molecule has 33 heavy (non-hydrogen) atoms. The van der Waals surface area contributed by atoms with Gasteiger partial charge in [-0.1, -0.05) is 18.2 Å². The third-order valence-corrected chi connectivity index (χ3v) is 5.13. The predicted molar refractivity (Wildman–Crippen MR) is 126 cm³/mol. The lowest BCUT2D eigenvalue weighted by Gasteiger charge is -2.13. The number of nitrogens with zero attached hydrogens (tertiary/aromatic N) is 1. The molecule has 0 spiro atoms. The molecule has 0 aliphatic rings. The van der Waals surface area contributed by atoms with Gasteiger partial charge >= 0.3 is 0 Å². The molecule has 3 rings (SSSR count). The van der Waals surface area contributed by atoms with Gasteiger partial charge in [-0.3, -0.25) is 14.6 Å². The molecule has 4 N–H and O–H groups in total. The highest BCUT2D eigenvalue weighted by Gasteiger charge is 2.13. The maximum absolute atomic E-state index is 12.3. The van der Waals surface area contributed by atoms with E-state index < -0.39 is 6.04 Å². The molecule has 3 aromatic rings. The van der Waals surface area contributed by atoms with Crippen LogP contribution in [0.4, 0.5) is 5.69 Å². The third-order valence-electron chi connectivity index (χ3n) is 5.13. The van der Waals surface area contributed by atoms with Crippen LogP contribution < -0.4 is 25.8 Å². The molecule has 2 aromatic carbocycles. The van der Waals surface area contributed by atoms with Gasteiger partial charge in [0.25, 0.3) is 5.91 Å². The SMILES string of the molecule is COc1ccc(CCNC(=O)CC(N)c2ccc(C(=O)Nc3ccncc3)cc2)cc1OC. The molecule has 0 aliphatic heterocycles. The number of carbonyl (C=O) groups is 2. The van der Waals surface area contributed by atoms with Crippen molar-refractivity contribution in [2.75, 3.05) is 26.1 Å². The van der Waals surface area contributed by atoms with Gasteiger partial charge in [0.05, 0.1) is 14.2 Å². The molecule has 1 unspecified atom stereocenters. The van der Waals surface area contributed by atoms with Crippen LogP contribution in [-0.4, -0.2) is 37.6 Å². The maximum Gasteiger partial charge on any atom is 0.255 e. The van der Waals surface area contributed by atoms with Crippen molar-refractivity contribution in [1.82, 2.24) is 10.3 Å². The Morgan fingerprint density at radius 2 is 1.67 bits per heavy atom. The molecule has 0 saturated carbocycles. The first kappa shape index (κ1) is 23.7. The Labute approximate surface area is 193 Å². The highest BCUT2D eigenvalue weighted by atomic mass is 16.5. The van der Waals surface area contributed by atoms with Gasteiger partial charge in [-0.05, 0) is 53.9 Å². The lowest BCUT2D eigenvalue weighted by atomic mass is 10.0. The first-order valence-corrected chi connectivity index (χ1v) is 10.5. The standard InChI is InChI=1S/C25H28N4O4/c1-32-22-8-3-17(15-23(22)33-2)9-14-28-24(30)16-21(26)18-4-6-19(7-5-18)25(31)29-20-10-12-27-13-11-20/h3-8,10-13,15,21H,9,14,16,26H2,1-2H3,(H,28,30)(H,27,29,31). The zero-order valence-electron chi connectivity index (χ0n) is 18.7. The second-order valence-corrected chi connectivity index (χ2v) is 7.41. The van der Waals surface area contributed by atoms with Crippen molar-refractivity contribution >= 4 is 17.5 Å². The van der Waals surface area contributed by atoms with Crippen molar-refractivity contribution in [3.8, 4) is 11.5 Å². The second kappa shape index (κ2) is 11.6. The molecule has 1 heterocycles. The highest BCUT2D eigenvalue weighted by Crippen LogP contribution is 2.27. The minimum absolute atomic E-state index is 0.137. The van der Waals surface area contributed by atoms with Gasteiger partial charge in [0, 0.05) is 42.7 Å². The van der Waals surface area contributed by atoms with Crippen molar-refractivity contribution in [3.63, 3.8) is 0 Å². The second-order valence-electron chi connectivity index (χ2n) is 7.41. The van der Waals surface area contributed by atoms with Crippen molar-refractivity contribution in [3.05, 3.63) is 83.7 Å². The average Bonchev–Trinajstić information content (AvgIpc) is 2.84. The van der Waals surface area contributed by atoms with Crippen LogP contribution in [0.15, 0.2) is 67.0 Å². The number of rotatable bonds is 10. The van der Waals surface area contributed by atoms with Gasteiger partial charge in [-0.2, -0.15) is 0 Å². The number of carbonyl (C=O) groups excluding carboxylic acids is 2. The van der Waals surface area contributed by atoms with Gasteiger partial charge in [-0.15, -0.1) is 0 Å². The molecule has 0 saturated heterocycles. The van der Waals surface area contributed by atoms with Crippen molar-refractivity contribution in [1.29, 1.82) is 0 Å². The molecule has 0 radical (unpaired) electrons. The number of hydrogen-bond acceptors (Lipinski definition) is 6. The summed E-state index contributed by atoms with van der Waals surface area (Å²) in [6.45, 7) is 0.481. The van der Waals surface area contributed by atoms with Crippen LogP contribution in [0.1, 0.15) is 33.9 Å². The van der Waals surface area contributed by atoms with Crippen LogP contribution in [0.25, 0.3) is 0 Å². The van der Waals surface area contributed by atoms with E-state index in [4.69, 9.17) is 15.2 Å². The molecule has 8 heteroatoms. The topological polar surface area (TPSA) is 116 Å². The van der Waals surface area contributed by atoms with Crippen molar-refractivity contribution < 1.29 is 19.1 Å². The fourth-order valence-corrected chi connectivity index (χ4v) is 3.29. The number of pyridine rings is 1. The number of ether oxygens (including phenoxy) is 2. The molecule has 0 aliphatic carbocycles. The number of nitrogens with two attached hydrogens (primary N) is 1. The first-order chi connectivity index (χ1) is 16.0. The molecule has 0 bridgehead atoms. The Balaban J connectivity index is 1.47. The van der Waals surface area contributed by atoms with Crippen LogP contribution in [0.2, 0.25) is 0 Å². The van der Waals surface area contributed by atoms with Crippen LogP contribution >= 0.6 is 0 Å². The van der Waals surface area contributed by atoms with Gasteiger partial charge in [-0.25, -0.2) is 0 Å². The van der Waals surface area contributed by atoms with E-state index in [-0.39, 0.29) is 18.2 Å². The number of amides is 2. The number of benzene rings is 2. The van der Waals surface area contributed by atoms with E-state index in [1.165, 1.54) is 0 Å². The van der Waals surface area contributed by atoms with Crippen LogP contribution in [0.5, 0.6) is 11.5 Å². The quantitative estimate of drug-likeness (QED) is 0.439. The Bertz CT molecular complexity index is 1070. The minimum atomic E-state index is -0.469. The normalized spacial score (nSPS) is 11.4. The molecular formula is C25H28N4O4. The Kier molecular flexibility index (Phi) is 8.37. The largest absolute Gasteiger partial charge is 0.493 e. The van der Waals surface area contributed by atoms with E-state index in [0.29, 0.717) is 35.7 Å². The number of methoxy groups -OCH3 is 2. The van der Waals surface area contributed by atoms with Crippen LogP contribution in [0.3, 0.4) is 0 Å². The van der Waals surface area contributed by atoms with Crippen LogP contribution in [-0.2, 0) is 11.2 Å². The predicted octanol–water partition coefficient (Wildman–Crippen LogP) is 3.10. The minimum Gasteiger partial charge on any atom is -0.493 e. The summed E-state index contributed by atoms with van der Waals surface area (Å²) in [6, 6.07) is 15.6. The number of aromatic nitrogens is 1. The molecular weight excluding hydrogens is 420 g/mol. The summed E-state index contributed by atoms with van der Waals surface area (Å²) >= 11 is 0. The lowest BCUT2D eigenvalue weighted by molar-refractivity contribution is -0.121. The Morgan fingerprint density at radius 1 is 0.970 bits per heavy atom. The maximum atomic E-state index is 12.3. The average molecular weight is 449 g/mol. The summed E-state index contributed by atoms with van der Waals surface area (Å²) < 4.78 is 10.5. The van der Waals surface area contributed by atoms with E-state index in [2.05, 4.69) is 15.6 Å². The van der Waals surface area contributed by atoms with E-state index in [1.54, 1.807) is 63.0 Å².